The molecule has 0 saturated heterocycles. The highest BCUT2D eigenvalue weighted by Crippen LogP contribution is 2.15. The summed E-state index contributed by atoms with van der Waals surface area (Å²) in [4.78, 5) is 38.0. The van der Waals surface area contributed by atoms with E-state index in [0.717, 1.165) is 83.5 Å². The summed E-state index contributed by atoms with van der Waals surface area (Å²) >= 11 is 0. The van der Waals surface area contributed by atoms with Gasteiger partial charge in [0.25, 0.3) is 0 Å². The molecule has 0 amide bonds. The quantitative estimate of drug-likeness (QED) is 0.0262. The largest absolute Gasteiger partial charge is 0.462 e. The molecule has 0 fully saturated rings. The highest BCUT2D eigenvalue weighted by Gasteiger charge is 2.19. The highest BCUT2D eigenvalue weighted by atomic mass is 16.6. The molecule has 0 aromatic heterocycles. The first-order chi connectivity index (χ1) is 31.5. The topological polar surface area (TPSA) is 78.9 Å². The zero-order valence-corrected chi connectivity index (χ0v) is 42.0. The lowest BCUT2D eigenvalue weighted by Crippen LogP contribution is -2.30. The van der Waals surface area contributed by atoms with Crippen LogP contribution < -0.4 is 0 Å². The van der Waals surface area contributed by atoms with Crippen LogP contribution in [0.4, 0.5) is 0 Å². The predicted octanol–water partition coefficient (Wildman–Crippen LogP) is 17.8. The van der Waals surface area contributed by atoms with Crippen LogP contribution in [-0.4, -0.2) is 37.2 Å². The molecule has 6 heteroatoms. The average molecular weight is 893 g/mol. The zero-order chi connectivity index (χ0) is 46.5. The standard InChI is InChI=1S/C58H100O6/c1-4-7-10-13-16-19-22-25-28-31-33-36-39-42-45-48-51-57(60)63-54-55(64-58(61)52-49-46-43-40-37-34-30-27-24-21-18-15-12-9-6-3)53-62-56(59)50-47-44-41-38-35-32-29-26-23-20-17-14-11-8-5-2/h9,12,18,21,27-28,30-31,37,40,46,49,55H,4-8,10-11,13-17,19-20,22-26,29,32-36,38-39,41-45,47-48,50-54H2,1-3H3/b12-9-,21-18-,30-27-,31-28-,40-37-,49-46-. The van der Waals surface area contributed by atoms with Crippen molar-refractivity contribution in [2.75, 3.05) is 13.2 Å². The van der Waals surface area contributed by atoms with Crippen LogP contribution in [0.5, 0.6) is 0 Å². The van der Waals surface area contributed by atoms with Crippen LogP contribution in [0.2, 0.25) is 0 Å². The number of esters is 3. The molecule has 0 spiro atoms. The van der Waals surface area contributed by atoms with E-state index in [0.29, 0.717) is 12.8 Å². The van der Waals surface area contributed by atoms with Crippen molar-refractivity contribution in [1.29, 1.82) is 0 Å². The lowest BCUT2D eigenvalue weighted by molar-refractivity contribution is -0.166. The fourth-order valence-corrected chi connectivity index (χ4v) is 7.45. The van der Waals surface area contributed by atoms with Gasteiger partial charge in [0.1, 0.15) is 13.2 Å². The molecule has 368 valence electrons. The molecule has 0 aliphatic carbocycles. The minimum atomic E-state index is -0.831. The molecule has 0 bridgehead atoms. The summed E-state index contributed by atoms with van der Waals surface area (Å²) in [5, 5.41) is 0. The van der Waals surface area contributed by atoms with Crippen molar-refractivity contribution in [3.05, 3.63) is 72.9 Å². The van der Waals surface area contributed by atoms with Gasteiger partial charge < -0.3 is 14.2 Å². The van der Waals surface area contributed by atoms with Gasteiger partial charge in [-0.25, -0.2) is 0 Å². The average Bonchev–Trinajstić information content (AvgIpc) is 3.29. The van der Waals surface area contributed by atoms with E-state index in [2.05, 4.69) is 81.5 Å². The lowest BCUT2D eigenvalue weighted by Gasteiger charge is -2.18. The van der Waals surface area contributed by atoms with Crippen LogP contribution >= 0.6 is 0 Å². The van der Waals surface area contributed by atoms with Gasteiger partial charge >= 0.3 is 17.9 Å². The van der Waals surface area contributed by atoms with Crippen molar-refractivity contribution in [2.24, 2.45) is 0 Å². The van der Waals surface area contributed by atoms with E-state index in [1.54, 1.807) is 6.08 Å². The molecule has 0 aromatic carbocycles. The van der Waals surface area contributed by atoms with Gasteiger partial charge in [0.15, 0.2) is 6.10 Å². The Morgan fingerprint density at radius 2 is 0.656 bits per heavy atom. The molecule has 0 rings (SSSR count). The molecule has 6 nitrogen and oxygen atoms in total. The van der Waals surface area contributed by atoms with Gasteiger partial charge in [0.05, 0.1) is 6.42 Å². The number of unbranched alkanes of at least 4 members (excludes halogenated alkanes) is 26. The van der Waals surface area contributed by atoms with Gasteiger partial charge in [-0.3, -0.25) is 14.4 Å². The molecule has 0 radical (unpaired) electrons. The second-order valence-electron chi connectivity index (χ2n) is 17.8. The number of allylic oxidation sites excluding steroid dienone is 11. The molecular weight excluding hydrogens is 793 g/mol. The van der Waals surface area contributed by atoms with E-state index in [4.69, 9.17) is 14.2 Å². The van der Waals surface area contributed by atoms with E-state index >= 15 is 0 Å². The Balaban J connectivity index is 4.49. The van der Waals surface area contributed by atoms with Gasteiger partial charge in [-0.2, -0.15) is 0 Å². The van der Waals surface area contributed by atoms with Crippen LogP contribution in [0, 0.1) is 0 Å². The molecule has 0 N–H and O–H groups in total. The van der Waals surface area contributed by atoms with E-state index in [-0.39, 0.29) is 31.6 Å². The van der Waals surface area contributed by atoms with E-state index in [9.17, 15) is 14.4 Å². The first-order valence-electron chi connectivity index (χ1n) is 26.9. The third kappa shape index (κ3) is 49.9. The maximum absolute atomic E-state index is 12.7. The maximum Gasteiger partial charge on any atom is 0.310 e. The summed E-state index contributed by atoms with van der Waals surface area (Å²) < 4.78 is 16.7. The summed E-state index contributed by atoms with van der Waals surface area (Å²) in [6.07, 6.45) is 66.3. The van der Waals surface area contributed by atoms with Crippen molar-refractivity contribution in [3.8, 4) is 0 Å². The molecule has 64 heavy (non-hydrogen) atoms. The third-order valence-electron chi connectivity index (χ3n) is 11.5. The van der Waals surface area contributed by atoms with Gasteiger partial charge in [0, 0.05) is 12.8 Å². The summed E-state index contributed by atoms with van der Waals surface area (Å²) in [6.45, 7) is 6.45. The van der Waals surface area contributed by atoms with Crippen LogP contribution in [-0.2, 0) is 28.6 Å². The second kappa shape index (κ2) is 52.5. The number of carbonyl (C=O) groups excluding carboxylic acids is 3. The zero-order valence-electron chi connectivity index (χ0n) is 42.0. The number of rotatable bonds is 48. The fourth-order valence-electron chi connectivity index (χ4n) is 7.45. The first-order valence-corrected chi connectivity index (χ1v) is 26.9. The lowest BCUT2D eigenvalue weighted by atomic mass is 10.0. The van der Waals surface area contributed by atoms with E-state index in [1.807, 2.05) is 6.08 Å². The molecule has 0 heterocycles. The van der Waals surface area contributed by atoms with E-state index in [1.165, 1.54) is 135 Å². The number of hydrogen-bond donors (Lipinski definition) is 0. The Labute approximate surface area is 395 Å². The maximum atomic E-state index is 12.7. The van der Waals surface area contributed by atoms with Gasteiger partial charge in [0.2, 0.25) is 0 Å². The number of carbonyl (C=O) groups is 3. The smallest absolute Gasteiger partial charge is 0.310 e. The Hall–Kier alpha value is -3.15. The van der Waals surface area contributed by atoms with Crippen LogP contribution in [0.25, 0.3) is 0 Å². The summed E-state index contributed by atoms with van der Waals surface area (Å²) in [6, 6.07) is 0. The van der Waals surface area contributed by atoms with Gasteiger partial charge in [-0.1, -0.05) is 241 Å². The molecular formula is C58H100O6. The normalized spacial score (nSPS) is 12.6. The van der Waals surface area contributed by atoms with Crippen molar-refractivity contribution >= 4 is 17.9 Å². The van der Waals surface area contributed by atoms with Crippen LogP contribution in [0.1, 0.15) is 258 Å². The minimum absolute atomic E-state index is 0.0972. The van der Waals surface area contributed by atoms with Crippen molar-refractivity contribution in [1.82, 2.24) is 0 Å². The molecule has 0 aliphatic heterocycles. The summed E-state index contributed by atoms with van der Waals surface area (Å²) in [7, 11) is 0. The Morgan fingerprint density at radius 1 is 0.344 bits per heavy atom. The number of ether oxygens (including phenoxy) is 3. The van der Waals surface area contributed by atoms with Crippen molar-refractivity contribution in [3.63, 3.8) is 0 Å². The first kappa shape index (κ1) is 60.9. The van der Waals surface area contributed by atoms with Crippen molar-refractivity contribution in [2.45, 2.75) is 264 Å². The summed E-state index contributed by atoms with van der Waals surface area (Å²) in [5.41, 5.74) is 0. The third-order valence-corrected chi connectivity index (χ3v) is 11.5. The van der Waals surface area contributed by atoms with Crippen molar-refractivity contribution < 1.29 is 28.6 Å². The van der Waals surface area contributed by atoms with Crippen LogP contribution in [0.15, 0.2) is 72.9 Å². The molecule has 0 aromatic rings. The second-order valence-corrected chi connectivity index (χ2v) is 17.8. The van der Waals surface area contributed by atoms with E-state index < -0.39 is 12.1 Å². The van der Waals surface area contributed by atoms with Gasteiger partial charge in [-0.05, 0) is 70.6 Å². The van der Waals surface area contributed by atoms with Crippen LogP contribution in [0.3, 0.4) is 0 Å². The monoisotopic (exact) mass is 893 g/mol. The SMILES string of the molecule is CC/C=C\C/C=C\C/C=C\C/C=C\C/C=C\CC(=O)OC(COC(=O)CCCCCCC/C=C\CCCCCCCCC)COC(=O)CCCCCCCCCCCCCCCCC. The Kier molecular flexibility index (Phi) is 49.9. The fraction of sp³-hybridized carbons (Fsp3) is 0.741. The van der Waals surface area contributed by atoms with Gasteiger partial charge in [-0.15, -0.1) is 0 Å². The Morgan fingerprint density at radius 3 is 1.02 bits per heavy atom. The Bertz CT molecular complexity index is 1210. The number of hydrogen-bond acceptors (Lipinski definition) is 6. The molecule has 0 aliphatic rings. The minimum Gasteiger partial charge on any atom is -0.462 e. The highest BCUT2D eigenvalue weighted by molar-refractivity contribution is 5.72. The summed E-state index contributed by atoms with van der Waals surface area (Å²) in [5.74, 6) is -1.05. The molecule has 0 saturated carbocycles. The molecule has 1 unspecified atom stereocenters. The molecule has 1 atom stereocenters. The predicted molar refractivity (Wildman–Crippen MR) is 274 cm³/mol.